The molecule has 0 radical (unpaired) electrons. The topological polar surface area (TPSA) is 29.1 Å². The maximum atomic E-state index is 12.0. The second-order valence-corrected chi connectivity index (χ2v) is 5.10. The van der Waals surface area contributed by atoms with Crippen molar-refractivity contribution in [1.29, 1.82) is 0 Å². The largest absolute Gasteiger partial charge is 0.349 e. The smallest absolute Gasteiger partial charge is 0.227 e. The third-order valence-corrected chi connectivity index (χ3v) is 4.26. The van der Waals surface area contributed by atoms with Gasteiger partial charge in [-0.1, -0.05) is 46.3 Å². The molecule has 16 heavy (non-hydrogen) atoms. The zero-order valence-electron chi connectivity index (χ0n) is 9.37. The molecule has 0 aromatic heterocycles. The fourth-order valence-electron chi connectivity index (χ4n) is 1.71. The number of amides is 1. The maximum Gasteiger partial charge on any atom is 0.227 e. The lowest BCUT2D eigenvalue weighted by Crippen LogP contribution is -2.40. The van der Waals surface area contributed by atoms with E-state index in [1.807, 2.05) is 37.3 Å². The van der Waals surface area contributed by atoms with Crippen LogP contribution in [-0.4, -0.2) is 16.8 Å². The molecule has 1 amide bonds. The first-order chi connectivity index (χ1) is 7.67. The van der Waals surface area contributed by atoms with Crippen LogP contribution in [0, 0.1) is 0 Å². The third kappa shape index (κ3) is 2.46. The van der Waals surface area contributed by atoms with Gasteiger partial charge in [-0.05, 0) is 25.3 Å². The fraction of sp³-hybridized carbons (Fsp3) is 0.462. The molecule has 1 aliphatic rings. The highest BCUT2D eigenvalue weighted by Gasteiger charge is 2.43. The van der Waals surface area contributed by atoms with Crippen molar-refractivity contribution in [3.8, 4) is 0 Å². The maximum absolute atomic E-state index is 12.0. The van der Waals surface area contributed by atoms with Crippen LogP contribution in [0.2, 0.25) is 0 Å². The Bertz CT molecular complexity index is 373. The highest BCUT2D eigenvalue weighted by Crippen LogP contribution is 2.37. The van der Waals surface area contributed by atoms with Gasteiger partial charge in [-0.25, -0.2) is 0 Å². The van der Waals surface area contributed by atoms with Gasteiger partial charge in [0.05, 0.1) is 5.92 Å². The van der Waals surface area contributed by atoms with Crippen molar-refractivity contribution < 1.29 is 4.79 Å². The molecule has 1 fully saturated rings. The molecule has 0 spiro atoms. The summed E-state index contributed by atoms with van der Waals surface area (Å²) in [6.07, 6.45) is 2.18. The van der Waals surface area contributed by atoms with Gasteiger partial charge < -0.3 is 5.32 Å². The number of nitrogens with one attached hydrogen (secondary N) is 1. The monoisotopic (exact) mass is 281 g/mol. The molecule has 1 aromatic carbocycles. The predicted molar refractivity (Wildman–Crippen MR) is 68.8 cm³/mol. The number of hydrogen-bond acceptors (Lipinski definition) is 1. The fourth-order valence-corrected chi connectivity index (χ4v) is 2.41. The molecule has 0 bridgehead atoms. The average molecular weight is 282 g/mol. The van der Waals surface area contributed by atoms with E-state index in [1.54, 1.807) is 0 Å². The number of hydrogen-bond donors (Lipinski definition) is 1. The molecule has 0 heterocycles. The summed E-state index contributed by atoms with van der Waals surface area (Å²) in [6.45, 7) is 1.95. The molecule has 0 aliphatic heterocycles. The number of halogens is 1. The van der Waals surface area contributed by atoms with E-state index in [2.05, 4.69) is 21.2 Å². The third-order valence-electron chi connectivity index (χ3n) is 3.19. The van der Waals surface area contributed by atoms with Crippen molar-refractivity contribution in [2.24, 2.45) is 0 Å². The second-order valence-electron chi connectivity index (χ2n) is 4.54. The number of carbonyl (C=O) groups is 1. The molecule has 2 nitrogen and oxygen atoms in total. The summed E-state index contributed by atoms with van der Waals surface area (Å²) in [5.41, 5.74) is 1.12. The Kier molecular flexibility index (Phi) is 3.33. The summed E-state index contributed by atoms with van der Waals surface area (Å²) in [4.78, 5) is 12.0. The molecule has 1 N–H and O–H groups in total. The van der Waals surface area contributed by atoms with E-state index >= 15 is 0 Å². The van der Waals surface area contributed by atoms with Crippen LogP contribution in [0.5, 0.6) is 0 Å². The van der Waals surface area contributed by atoms with Gasteiger partial charge in [-0.3, -0.25) is 4.79 Å². The van der Waals surface area contributed by atoms with Crippen molar-refractivity contribution in [3.05, 3.63) is 35.9 Å². The molecule has 86 valence electrons. The van der Waals surface area contributed by atoms with Crippen LogP contribution < -0.4 is 5.32 Å². The first-order valence-electron chi connectivity index (χ1n) is 5.60. The molecule has 1 aliphatic carbocycles. The Labute approximate surface area is 105 Å². The predicted octanol–water partition coefficient (Wildman–Crippen LogP) is 2.83. The van der Waals surface area contributed by atoms with Gasteiger partial charge in [0.15, 0.2) is 0 Å². The molecule has 1 saturated carbocycles. The van der Waals surface area contributed by atoms with Crippen LogP contribution in [0.3, 0.4) is 0 Å². The van der Waals surface area contributed by atoms with E-state index in [0.717, 1.165) is 23.7 Å². The van der Waals surface area contributed by atoms with Crippen molar-refractivity contribution in [2.45, 2.75) is 31.2 Å². The molecule has 2 rings (SSSR count). The van der Waals surface area contributed by atoms with Crippen molar-refractivity contribution >= 4 is 21.8 Å². The van der Waals surface area contributed by atoms with E-state index in [1.165, 1.54) is 0 Å². The number of carbonyl (C=O) groups excluding carboxylic acids is 1. The van der Waals surface area contributed by atoms with Gasteiger partial charge in [0.1, 0.15) is 0 Å². The van der Waals surface area contributed by atoms with Crippen LogP contribution in [0.1, 0.15) is 31.2 Å². The first-order valence-corrected chi connectivity index (χ1v) is 6.72. The minimum absolute atomic E-state index is 0.0418. The summed E-state index contributed by atoms with van der Waals surface area (Å²) in [5, 5.41) is 3.98. The van der Waals surface area contributed by atoms with E-state index in [9.17, 15) is 4.79 Å². The average Bonchev–Trinajstić information content (AvgIpc) is 3.09. The van der Waals surface area contributed by atoms with Gasteiger partial charge in [0.25, 0.3) is 0 Å². The lowest BCUT2D eigenvalue weighted by atomic mass is 10.00. The molecule has 1 aromatic rings. The van der Waals surface area contributed by atoms with Gasteiger partial charge in [0.2, 0.25) is 5.91 Å². The highest BCUT2D eigenvalue weighted by atomic mass is 79.9. The zero-order chi connectivity index (χ0) is 11.6. The van der Waals surface area contributed by atoms with Crippen LogP contribution in [-0.2, 0) is 4.79 Å². The van der Waals surface area contributed by atoms with E-state index < -0.39 is 0 Å². The van der Waals surface area contributed by atoms with Crippen molar-refractivity contribution in [2.75, 3.05) is 5.33 Å². The quantitative estimate of drug-likeness (QED) is 0.845. The van der Waals surface area contributed by atoms with E-state index in [4.69, 9.17) is 0 Å². The van der Waals surface area contributed by atoms with Gasteiger partial charge in [-0.15, -0.1) is 0 Å². The lowest BCUT2D eigenvalue weighted by molar-refractivity contribution is -0.123. The standard InChI is InChI=1S/C13H16BrNO/c1-10(11-5-3-2-4-6-11)12(16)15-13(9-14)7-8-13/h2-6,10H,7-9H2,1H3,(H,15,16). The van der Waals surface area contributed by atoms with Gasteiger partial charge >= 0.3 is 0 Å². The summed E-state index contributed by atoms with van der Waals surface area (Å²) in [7, 11) is 0. The number of benzene rings is 1. The Balaban J connectivity index is 2.00. The highest BCUT2D eigenvalue weighted by molar-refractivity contribution is 9.09. The van der Waals surface area contributed by atoms with Crippen LogP contribution in [0.15, 0.2) is 30.3 Å². The molecule has 1 unspecified atom stereocenters. The Morgan fingerprint density at radius 3 is 2.56 bits per heavy atom. The Morgan fingerprint density at radius 1 is 1.44 bits per heavy atom. The summed E-state index contributed by atoms with van der Waals surface area (Å²) < 4.78 is 0. The molecule has 0 saturated heterocycles. The summed E-state index contributed by atoms with van der Waals surface area (Å²) in [5.74, 6) is 0.0564. The minimum atomic E-state index is -0.0716. The van der Waals surface area contributed by atoms with Crippen LogP contribution in [0.25, 0.3) is 0 Å². The van der Waals surface area contributed by atoms with Gasteiger partial charge in [-0.2, -0.15) is 0 Å². The van der Waals surface area contributed by atoms with Crippen LogP contribution in [0.4, 0.5) is 0 Å². The van der Waals surface area contributed by atoms with Crippen LogP contribution >= 0.6 is 15.9 Å². The zero-order valence-corrected chi connectivity index (χ0v) is 11.0. The normalized spacial score (nSPS) is 18.9. The Hall–Kier alpha value is -0.830. The Morgan fingerprint density at radius 2 is 2.06 bits per heavy atom. The van der Waals surface area contributed by atoms with Gasteiger partial charge in [0, 0.05) is 10.9 Å². The first kappa shape index (κ1) is 11.6. The van der Waals surface area contributed by atoms with E-state index in [0.29, 0.717) is 0 Å². The summed E-state index contributed by atoms with van der Waals surface area (Å²) in [6, 6.07) is 9.90. The SMILES string of the molecule is CC(C(=O)NC1(CBr)CC1)c1ccccc1. The lowest BCUT2D eigenvalue weighted by Gasteiger charge is -2.18. The van der Waals surface area contributed by atoms with Crippen molar-refractivity contribution in [1.82, 2.24) is 5.32 Å². The van der Waals surface area contributed by atoms with Crippen molar-refractivity contribution in [3.63, 3.8) is 0 Å². The van der Waals surface area contributed by atoms with E-state index in [-0.39, 0.29) is 17.4 Å². The minimum Gasteiger partial charge on any atom is -0.349 e. The molecular weight excluding hydrogens is 266 g/mol. The summed E-state index contributed by atoms with van der Waals surface area (Å²) >= 11 is 3.45. The molecule has 3 heteroatoms. The molecular formula is C13H16BrNO. The number of alkyl halides is 1. The molecule has 1 atom stereocenters. The second kappa shape index (κ2) is 4.58. The number of rotatable bonds is 4.